The van der Waals surface area contributed by atoms with Gasteiger partial charge in [-0.25, -0.2) is 9.78 Å². The van der Waals surface area contributed by atoms with Gasteiger partial charge in [-0.05, 0) is 58.0 Å². The SMILES string of the molecule is CCOC(=O)C(C)(C)ON=C(C)c1ccc2c(c1)ncn2-c1cccc(N2CCN(CCO)CC2)c1. The third-order valence-corrected chi connectivity index (χ3v) is 6.40. The molecule has 1 aliphatic heterocycles. The van der Waals surface area contributed by atoms with Gasteiger partial charge in [0.15, 0.2) is 0 Å². The fourth-order valence-corrected chi connectivity index (χ4v) is 4.23. The molecule has 9 nitrogen and oxygen atoms in total. The minimum atomic E-state index is -1.17. The van der Waals surface area contributed by atoms with Crippen molar-refractivity contribution in [2.75, 3.05) is 50.8 Å². The second-order valence-electron chi connectivity index (χ2n) is 9.39. The number of oxime groups is 1. The van der Waals surface area contributed by atoms with Crippen LogP contribution < -0.4 is 4.90 Å². The van der Waals surface area contributed by atoms with Gasteiger partial charge in [0.2, 0.25) is 5.60 Å². The normalized spacial score (nSPS) is 15.4. The van der Waals surface area contributed by atoms with Crippen LogP contribution in [0.3, 0.4) is 0 Å². The molecular weight excluding hydrogens is 458 g/mol. The van der Waals surface area contributed by atoms with Gasteiger partial charge in [-0.2, -0.15) is 0 Å². The lowest BCUT2D eigenvalue weighted by Crippen LogP contribution is -2.47. The van der Waals surface area contributed by atoms with Crippen molar-refractivity contribution in [2.24, 2.45) is 5.16 Å². The highest BCUT2D eigenvalue weighted by Gasteiger charge is 2.32. The number of aliphatic hydroxyl groups is 1. The van der Waals surface area contributed by atoms with Crippen molar-refractivity contribution in [3.63, 3.8) is 0 Å². The zero-order valence-electron chi connectivity index (χ0n) is 21.5. The van der Waals surface area contributed by atoms with Crippen LogP contribution in [0.15, 0.2) is 53.9 Å². The van der Waals surface area contributed by atoms with E-state index in [1.54, 1.807) is 20.8 Å². The van der Waals surface area contributed by atoms with Gasteiger partial charge in [0.25, 0.3) is 0 Å². The standard InChI is InChI=1S/C27H35N5O4/c1-5-35-26(34)27(3,4)36-29-20(2)21-9-10-25-24(17-21)28-19-32(25)23-8-6-7-22(18-23)31-13-11-30(12-14-31)15-16-33/h6-10,17-19,33H,5,11-16H2,1-4H3. The van der Waals surface area contributed by atoms with Gasteiger partial charge in [-0.15, -0.1) is 0 Å². The molecule has 0 atom stereocenters. The summed E-state index contributed by atoms with van der Waals surface area (Å²) < 4.78 is 7.13. The third-order valence-electron chi connectivity index (χ3n) is 6.40. The Labute approximate surface area is 211 Å². The highest BCUT2D eigenvalue weighted by molar-refractivity contribution is 6.01. The van der Waals surface area contributed by atoms with E-state index < -0.39 is 11.6 Å². The van der Waals surface area contributed by atoms with Gasteiger partial charge in [-0.1, -0.05) is 17.3 Å². The number of carbonyl (C=O) groups excluding carboxylic acids is 1. The lowest BCUT2D eigenvalue weighted by Gasteiger charge is -2.36. The monoisotopic (exact) mass is 493 g/mol. The number of hydrogen-bond donors (Lipinski definition) is 1. The molecule has 192 valence electrons. The van der Waals surface area contributed by atoms with Crippen molar-refractivity contribution >= 4 is 28.4 Å². The largest absolute Gasteiger partial charge is 0.463 e. The molecular formula is C27H35N5O4. The molecule has 0 aliphatic carbocycles. The van der Waals surface area contributed by atoms with Gasteiger partial charge in [0.05, 0.1) is 30.0 Å². The molecule has 1 fully saturated rings. The number of piperazine rings is 1. The smallest absolute Gasteiger partial charge is 0.352 e. The highest BCUT2D eigenvalue weighted by atomic mass is 16.7. The molecule has 2 heterocycles. The maximum atomic E-state index is 12.0. The fraction of sp³-hybridized carbons (Fsp3) is 0.444. The first-order valence-electron chi connectivity index (χ1n) is 12.4. The summed E-state index contributed by atoms with van der Waals surface area (Å²) in [5, 5.41) is 13.4. The summed E-state index contributed by atoms with van der Waals surface area (Å²) in [5.74, 6) is -0.454. The predicted octanol–water partition coefficient (Wildman–Crippen LogP) is 3.22. The maximum absolute atomic E-state index is 12.0. The lowest BCUT2D eigenvalue weighted by atomic mass is 10.1. The molecule has 0 bridgehead atoms. The van der Waals surface area contributed by atoms with E-state index in [1.807, 2.05) is 31.5 Å². The van der Waals surface area contributed by atoms with Crippen LogP contribution in [-0.4, -0.2) is 82.8 Å². The first-order chi connectivity index (χ1) is 17.3. The number of aliphatic hydroxyl groups excluding tert-OH is 1. The van der Waals surface area contributed by atoms with Gasteiger partial charge < -0.3 is 19.6 Å². The van der Waals surface area contributed by atoms with Crippen LogP contribution in [0.2, 0.25) is 0 Å². The van der Waals surface area contributed by atoms with E-state index in [4.69, 9.17) is 9.57 Å². The number of aromatic nitrogens is 2. The number of carbonyl (C=O) groups is 1. The average molecular weight is 494 g/mol. The minimum absolute atomic E-state index is 0.203. The Bertz CT molecular complexity index is 1230. The highest BCUT2D eigenvalue weighted by Crippen LogP contribution is 2.25. The molecule has 0 saturated carbocycles. The van der Waals surface area contributed by atoms with Crippen LogP contribution in [0, 0.1) is 0 Å². The summed E-state index contributed by atoms with van der Waals surface area (Å²) in [6.45, 7) is 11.9. The van der Waals surface area contributed by atoms with E-state index in [1.165, 1.54) is 5.69 Å². The number of ether oxygens (including phenoxy) is 1. The van der Waals surface area contributed by atoms with E-state index in [9.17, 15) is 9.90 Å². The molecule has 4 rings (SSSR count). The number of fused-ring (bicyclic) bond motifs is 1. The number of rotatable bonds is 9. The number of benzene rings is 2. The van der Waals surface area contributed by atoms with Crippen molar-refractivity contribution < 1.29 is 19.5 Å². The summed E-state index contributed by atoms with van der Waals surface area (Å²) in [7, 11) is 0. The van der Waals surface area contributed by atoms with Gasteiger partial charge in [0.1, 0.15) is 6.33 Å². The number of esters is 1. The van der Waals surface area contributed by atoms with Crippen molar-refractivity contribution in [3.05, 3.63) is 54.4 Å². The average Bonchev–Trinajstić information content (AvgIpc) is 3.31. The molecule has 0 spiro atoms. The number of imidazole rings is 1. The van der Waals surface area contributed by atoms with E-state index >= 15 is 0 Å². The summed E-state index contributed by atoms with van der Waals surface area (Å²) in [4.78, 5) is 26.8. The molecule has 3 aromatic rings. The summed E-state index contributed by atoms with van der Waals surface area (Å²) in [6.07, 6.45) is 1.83. The number of anilines is 1. The van der Waals surface area contributed by atoms with Gasteiger partial charge in [-0.3, -0.25) is 9.47 Å². The third kappa shape index (κ3) is 5.68. The topological polar surface area (TPSA) is 92.4 Å². The lowest BCUT2D eigenvalue weighted by molar-refractivity contribution is -0.167. The number of β-amino-alcohol motifs (C(OH)–C–C–N with tert-alkyl or cyclic N) is 1. The van der Waals surface area contributed by atoms with Crippen molar-refractivity contribution in [2.45, 2.75) is 33.3 Å². The van der Waals surface area contributed by atoms with Crippen molar-refractivity contribution in [3.8, 4) is 5.69 Å². The Hall–Kier alpha value is -3.43. The van der Waals surface area contributed by atoms with E-state index in [-0.39, 0.29) is 13.2 Å². The van der Waals surface area contributed by atoms with Gasteiger partial charge in [0, 0.05) is 49.7 Å². The predicted molar refractivity (Wildman–Crippen MR) is 141 cm³/mol. The Morgan fingerprint density at radius 1 is 1.11 bits per heavy atom. The molecule has 0 amide bonds. The summed E-state index contributed by atoms with van der Waals surface area (Å²) in [6, 6.07) is 14.4. The van der Waals surface area contributed by atoms with E-state index in [2.05, 4.69) is 48.8 Å². The van der Waals surface area contributed by atoms with Crippen LogP contribution in [0.5, 0.6) is 0 Å². The van der Waals surface area contributed by atoms with Gasteiger partial charge >= 0.3 is 5.97 Å². The fourth-order valence-electron chi connectivity index (χ4n) is 4.23. The Balaban J connectivity index is 1.51. The van der Waals surface area contributed by atoms with E-state index in [0.29, 0.717) is 5.71 Å². The Morgan fingerprint density at radius 3 is 2.58 bits per heavy atom. The first kappa shape index (κ1) is 25.7. The van der Waals surface area contributed by atoms with Crippen LogP contribution >= 0.6 is 0 Å². The van der Waals surface area contributed by atoms with Crippen LogP contribution in [-0.2, 0) is 14.4 Å². The first-order valence-corrected chi connectivity index (χ1v) is 12.4. The molecule has 1 N–H and O–H groups in total. The zero-order chi connectivity index (χ0) is 25.7. The molecule has 1 aromatic heterocycles. The quantitative estimate of drug-likeness (QED) is 0.278. The van der Waals surface area contributed by atoms with Crippen LogP contribution in [0.4, 0.5) is 5.69 Å². The minimum Gasteiger partial charge on any atom is -0.463 e. The molecule has 1 aliphatic rings. The number of hydrogen-bond acceptors (Lipinski definition) is 8. The molecule has 0 unspecified atom stereocenters. The maximum Gasteiger partial charge on any atom is 0.352 e. The molecule has 2 aromatic carbocycles. The summed E-state index contributed by atoms with van der Waals surface area (Å²) in [5.41, 5.74) is 4.40. The van der Waals surface area contributed by atoms with Crippen LogP contribution in [0.25, 0.3) is 16.7 Å². The Kier molecular flexibility index (Phi) is 7.91. The molecule has 0 radical (unpaired) electrons. The van der Waals surface area contributed by atoms with Crippen molar-refractivity contribution in [1.29, 1.82) is 0 Å². The zero-order valence-corrected chi connectivity index (χ0v) is 21.5. The summed E-state index contributed by atoms with van der Waals surface area (Å²) >= 11 is 0. The Morgan fingerprint density at radius 2 is 1.86 bits per heavy atom. The van der Waals surface area contributed by atoms with Crippen molar-refractivity contribution in [1.82, 2.24) is 14.5 Å². The van der Waals surface area contributed by atoms with E-state index in [0.717, 1.165) is 55.0 Å². The van der Waals surface area contributed by atoms with Crippen LogP contribution in [0.1, 0.15) is 33.3 Å². The molecule has 36 heavy (non-hydrogen) atoms. The second-order valence-corrected chi connectivity index (χ2v) is 9.39. The number of nitrogens with zero attached hydrogens (tertiary/aromatic N) is 5. The molecule has 1 saturated heterocycles. The molecule has 9 heteroatoms. The second kappa shape index (κ2) is 11.1.